The first-order valence-corrected chi connectivity index (χ1v) is 7.54. The van der Waals surface area contributed by atoms with E-state index in [4.69, 9.17) is 22.0 Å². The largest absolute Gasteiger partial charge is 0.397 e. The number of nitrogens with zero attached hydrogens (tertiary/aromatic N) is 1. The highest BCUT2D eigenvalue weighted by Crippen LogP contribution is 2.34. The maximum atomic E-state index is 10.2. The van der Waals surface area contributed by atoms with Gasteiger partial charge in [-0.05, 0) is 57.7 Å². The number of hydrogen-bond acceptors (Lipinski definition) is 4. The minimum absolute atomic E-state index is 0.0419. The van der Waals surface area contributed by atoms with Crippen LogP contribution in [0.5, 0.6) is 0 Å². The molecule has 1 fully saturated rings. The summed E-state index contributed by atoms with van der Waals surface area (Å²) in [6.45, 7) is 5.67. The van der Waals surface area contributed by atoms with E-state index in [9.17, 15) is 5.11 Å². The third-order valence-electron chi connectivity index (χ3n) is 3.76. The Morgan fingerprint density at radius 1 is 1.52 bits per heavy atom. The fraction of sp³-hybridized carbons (Fsp3) is 0.562. The molecular formula is C16H23ClN2O2. The lowest BCUT2D eigenvalue weighted by atomic mass is 9.99. The molecule has 0 radical (unpaired) electrons. The molecule has 1 saturated carbocycles. The van der Waals surface area contributed by atoms with Gasteiger partial charge in [0, 0.05) is 12.3 Å². The number of anilines is 1. The molecule has 0 aromatic heterocycles. The first-order valence-electron chi connectivity index (χ1n) is 7.16. The lowest BCUT2D eigenvalue weighted by Gasteiger charge is -2.28. The van der Waals surface area contributed by atoms with Gasteiger partial charge in [0.25, 0.3) is 0 Å². The zero-order valence-electron chi connectivity index (χ0n) is 12.8. The van der Waals surface area contributed by atoms with Crippen LogP contribution in [0.4, 0.5) is 5.69 Å². The van der Waals surface area contributed by atoms with E-state index in [-0.39, 0.29) is 12.6 Å². The Labute approximate surface area is 131 Å². The smallest absolute Gasteiger partial charge is 0.101 e. The molecular weight excluding hydrogens is 288 g/mol. The van der Waals surface area contributed by atoms with Crippen molar-refractivity contribution in [3.05, 3.63) is 28.3 Å². The van der Waals surface area contributed by atoms with Crippen molar-refractivity contribution in [3.63, 3.8) is 0 Å². The monoisotopic (exact) mass is 310 g/mol. The molecule has 21 heavy (non-hydrogen) atoms. The van der Waals surface area contributed by atoms with Crippen molar-refractivity contribution >= 4 is 17.3 Å². The first-order chi connectivity index (χ1) is 9.87. The van der Waals surface area contributed by atoms with Crippen LogP contribution in [-0.2, 0) is 0 Å². The lowest BCUT2D eigenvalue weighted by molar-refractivity contribution is 0.0578. The predicted molar refractivity (Wildman–Crippen MR) is 85.5 cm³/mol. The Bertz CT molecular complexity index is 524. The minimum Gasteiger partial charge on any atom is -0.397 e. The fourth-order valence-electron chi connectivity index (χ4n) is 2.49. The molecule has 0 bridgehead atoms. The minimum atomic E-state index is -0.674. The SMILES string of the molecule is CCO.Cc1c(N[C@@H]2CCC[C@@]2(C)O)ccc(C#N)c1Cl. The van der Waals surface area contributed by atoms with Crippen LogP contribution in [0.3, 0.4) is 0 Å². The predicted octanol–water partition coefficient (Wildman–Crippen LogP) is 3.23. The summed E-state index contributed by atoms with van der Waals surface area (Å²) in [7, 11) is 0. The molecule has 0 aliphatic heterocycles. The summed E-state index contributed by atoms with van der Waals surface area (Å²) in [6.07, 6.45) is 2.78. The van der Waals surface area contributed by atoms with Gasteiger partial charge in [-0.3, -0.25) is 0 Å². The number of rotatable bonds is 2. The van der Waals surface area contributed by atoms with Crippen molar-refractivity contribution in [1.82, 2.24) is 0 Å². The number of hydrogen-bond donors (Lipinski definition) is 3. The summed E-state index contributed by atoms with van der Waals surface area (Å²) < 4.78 is 0. The number of aliphatic hydroxyl groups is 2. The van der Waals surface area contributed by atoms with Crippen LogP contribution in [0, 0.1) is 18.3 Å². The summed E-state index contributed by atoms with van der Waals surface area (Å²) in [5.41, 5.74) is 1.56. The topological polar surface area (TPSA) is 76.3 Å². The zero-order valence-corrected chi connectivity index (χ0v) is 13.5. The summed E-state index contributed by atoms with van der Waals surface area (Å²) in [5.74, 6) is 0. The lowest BCUT2D eigenvalue weighted by Crippen LogP contribution is -2.39. The van der Waals surface area contributed by atoms with Crippen LogP contribution in [0.2, 0.25) is 5.02 Å². The number of aliphatic hydroxyl groups excluding tert-OH is 1. The zero-order chi connectivity index (χ0) is 16.0. The second-order valence-corrected chi connectivity index (χ2v) is 5.85. The maximum Gasteiger partial charge on any atom is 0.101 e. The highest BCUT2D eigenvalue weighted by molar-refractivity contribution is 6.32. The molecule has 0 amide bonds. The number of nitrogens with one attached hydrogen (secondary N) is 1. The van der Waals surface area contributed by atoms with Gasteiger partial charge in [-0.2, -0.15) is 5.26 Å². The van der Waals surface area contributed by atoms with Gasteiger partial charge in [0.15, 0.2) is 0 Å². The van der Waals surface area contributed by atoms with Crippen LogP contribution in [0.1, 0.15) is 44.2 Å². The van der Waals surface area contributed by atoms with Gasteiger partial charge in [-0.15, -0.1) is 0 Å². The molecule has 0 unspecified atom stereocenters. The molecule has 2 rings (SSSR count). The fourth-order valence-corrected chi connectivity index (χ4v) is 2.70. The molecule has 0 saturated heterocycles. The Balaban J connectivity index is 0.000000677. The molecule has 1 aliphatic carbocycles. The van der Waals surface area contributed by atoms with Gasteiger partial charge < -0.3 is 15.5 Å². The van der Waals surface area contributed by atoms with E-state index in [1.54, 1.807) is 13.0 Å². The van der Waals surface area contributed by atoms with Crippen LogP contribution in [-0.4, -0.2) is 28.5 Å². The second kappa shape index (κ2) is 7.65. The molecule has 0 heterocycles. The van der Waals surface area contributed by atoms with Crippen molar-refractivity contribution < 1.29 is 10.2 Å². The van der Waals surface area contributed by atoms with Gasteiger partial charge in [0.1, 0.15) is 6.07 Å². The quantitative estimate of drug-likeness (QED) is 0.784. The van der Waals surface area contributed by atoms with E-state index in [1.807, 2.05) is 19.9 Å². The van der Waals surface area contributed by atoms with E-state index in [2.05, 4.69) is 11.4 Å². The Kier molecular flexibility index (Phi) is 6.47. The van der Waals surface area contributed by atoms with E-state index in [1.165, 1.54) is 0 Å². The van der Waals surface area contributed by atoms with Crippen LogP contribution >= 0.6 is 11.6 Å². The molecule has 4 nitrogen and oxygen atoms in total. The van der Waals surface area contributed by atoms with Crippen LogP contribution in [0.25, 0.3) is 0 Å². The first kappa shape index (κ1) is 17.8. The number of halogens is 1. The van der Waals surface area contributed by atoms with Crippen molar-refractivity contribution in [2.45, 2.75) is 51.7 Å². The molecule has 1 aliphatic rings. The maximum absolute atomic E-state index is 10.2. The summed E-state index contributed by atoms with van der Waals surface area (Å²) in [4.78, 5) is 0. The van der Waals surface area contributed by atoms with E-state index >= 15 is 0 Å². The van der Waals surface area contributed by atoms with Gasteiger partial charge in [-0.1, -0.05) is 11.6 Å². The highest BCUT2D eigenvalue weighted by Gasteiger charge is 2.36. The highest BCUT2D eigenvalue weighted by atomic mass is 35.5. The molecule has 0 spiro atoms. The summed E-state index contributed by atoms with van der Waals surface area (Å²) in [6, 6.07) is 5.67. The molecule has 1 aromatic rings. The Morgan fingerprint density at radius 2 is 2.14 bits per heavy atom. The van der Waals surface area contributed by atoms with E-state index in [0.717, 1.165) is 30.5 Å². The Hall–Kier alpha value is -1.28. The van der Waals surface area contributed by atoms with Gasteiger partial charge in [0.2, 0.25) is 0 Å². The van der Waals surface area contributed by atoms with Crippen molar-refractivity contribution in [2.24, 2.45) is 0 Å². The summed E-state index contributed by atoms with van der Waals surface area (Å²) >= 11 is 6.13. The van der Waals surface area contributed by atoms with Crippen molar-refractivity contribution in [3.8, 4) is 6.07 Å². The molecule has 116 valence electrons. The third kappa shape index (κ3) is 4.34. The summed E-state index contributed by atoms with van der Waals surface area (Å²) in [5, 5.41) is 30.5. The molecule has 2 atom stereocenters. The number of nitriles is 1. The average Bonchev–Trinajstić information content (AvgIpc) is 2.75. The van der Waals surface area contributed by atoms with Crippen LogP contribution < -0.4 is 5.32 Å². The van der Waals surface area contributed by atoms with Gasteiger partial charge in [-0.25, -0.2) is 0 Å². The van der Waals surface area contributed by atoms with E-state index < -0.39 is 5.60 Å². The van der Waals surface area contributed by atoms with Crippen molar-refractivity contribution in [1.29, 1.82) is 5.26 Å². The second-order valence-electron chi connectivity index (χ2n) is 5.47. The molecule has 1 aromatic carbocycles. The third-order valence-corrected chi connectivity index (χ3v) is 4.25. The number of benzene rings is 1. The standard InChI is InChI=1S/C14H17ClN2O.C2H6O/c1-9-11(6-5-10(8-16)13(9)15)17-12-4-3-7-14(12,2)18;1-2-3/h5-6,12,17-18H,3-4,7H2,1-2H3;3H,2H2,1H3/t12-,14-;/m1./s1. The molecule has 3 N–H and O–H groups in total. The Morgan fingerprint density at radius 3 is 2.62 bits per heavy atom. The van der Waals surface area contributed by atoms with Crippen molar-refractivity contribution in [2.75, 3.05) is 11.9 Å². The van der Waals surface area contributed by atoms with Crippen LogP contribution in [0.15, 0.2) is 12.1 Å². The van der Waals surface area contributed by atoms with E-state index in [0.29, 0.717) is 10.6 Å². The molecule has 5 heteroatoms. The average molecular weight is 311 g/mol. The van der Waals surface area contributed by atoms with Gasteiger partial charge >= 0.3 is 0 Å². The van der Waals surface area contributed by atoms with Gasteiger partial charge in [0.05, 0.1) is 22.2 Å². The normalized spacial score (nSPS) is 24.0.